The van der Waals surface area contributed by atoms with Gasteiger partial charge in [0.05, 0.1) is 0 Å². The molecule has 116 valence electrons. The molecular formula is C15H23N3O3. The number of rotatable bonds is 3. The van der Waals surface area contributed by atoms with E-state index in [1.807, 2.05) is 7.05 Å². The van der Waals surface area contributed by atoms with Gasteiger partial charge in [-0.05, 0) is 45.2 Å². The van der Waals surface area contributed by atoms with Crippen molar-refractivity contribution in [3.63, 3.8) is 0 Å². The summed E-state index contributed by atoms with van der Waals surface area (Å²) in [5.74, 6) is -1.23. The summed E-state index contributed by atoms with van der Waals surface area (Å²) in [6.45, 7) is 1.40. The Kier molecular flexibility index (Phi) is 3.97. The number of imide groups is 2. The summed E-state index contributed by atoms with van der Waals surface area (Å²) in [5, 5.41) is 2.38. The summed E-state index contributed by atoms with van der Waals surface area (Å²) in [6, 6.07) is -0.323. The lowest BCUT2D eigenvalue weighted by atomic mass is 9.87. The number of carbonyl (C=O) groups is 3. The summed E-state index contributed by atoms with van der Waals surface area (Å²) < 4.78 is 0. The highest BCUT2D eigenvalue weighted by atomic mass is 16.2. The van der Waals surface area contributed by atoms with Crippen molar-refractivity contribution >= 4 is 17.8 Å². The standard InChI is InChI=1S/C15H23N3O3/c1-17-8-4-7-11(17)9-18-14(20)12(10-5-2-3-6-10)13(19)16-15(18)21/h10-12H,2-9H2,1H3,(H,16,19,21). The van der Waals surface area contributed by atoms with Crippen LogP contribution in [-0.4, -0.2) is 53.8 Å². The number of nitrogens with zero attached hydrogens (tertiary/aromatic N) is 2. The van der Waals surface area contributed by atoms with Crippen LogP contribution in [0.2, 0.25) is 0 Å². The van der Waals surface area contributed by atoms with Gasteiger partial charge in [0.1, 0.15) is 5.92 Å². The zero-order valence-corrected chi connectivity index (χ0v) is 12.5. The molecule has 2 heterocycles. The number of barbiturate groups is 1. The van der Waals surface area contributed by atoms with E-state index >= 15 is 0 Å². The molecule has 3 aliphatic rings. The van der Waals surface area contributed by atoms with E-state index < -0.39 is 17.9 Å². The van der Waals surface area contributed by atoms with Gasteiger partial charge >= 0.3 is 6.03 Å². The molecule has 1 aliphatic carbocycles. The third-order valence-corrected chi connectivity index (χ3v) is 5.23. The van der Waals surface area contributed by atoms with E-state index in [0.717, 1.165) is 45.1 Å². The van der Waals surface area contributed by atoms with Gasteiger partial charge in [-0.25, -0.2) is 4.79 Å². The lowest BCUT2D eigenvalue weighted by Gasteiger charge is -2.35. The largest absolute Gasteiger partial charge is 0.330 e. The van der Waals surface area contributed by atoms with Gasteiger partial charge in [0.2, 0.25) is 11.8 Å². The molecule has 2 atom stereocenters. The number of nitrogens with one attached hydrogen (secondary N) is 1. The molecule has 4 amide bonds. The van der Waals surface area contributed by atoms with Crippen molar-refractivity contribution in [2.24, 2.45) is 11.8 Å². The lowest BCUT2D eigenvalue weighted by molar-refractivity contribution is -0.145. The van der Waals surface area contributed by atoms with Gasteiger partial charge in [0.15, 0.2) is 0 Å². The first-order chi connectivity index (χ1) is 10.1. The van der Waals surface area contributed by atoms with Crippen molar-refractivity contribution in [1.29, 1.82) is 0 Å². The Morgan fingerprint density at radius 1 is 1.10 bits per heavy atom. The number of amides is 4. The maximum atomic E-state index is 12.7. The lowest BCUT2D eigenvalue weighted by Crippen LogP contribution is -2.61. The maximum Gasteiger partial charge on any atom is 0.330 e. The van der Waals surface area contributed by atoms with E-state index in [1.165, 1.54) is 4.90 Å². The van der Waals surface area contributed by atoms with Crippen molar-refractivity contribution in [3.05, 3.63) is 0 Å². The normalized spacial score (nSPS) is 32.0. The van der Waals surface area contributed by atoms with Crippen LogP contribution in [0.4, 0.5) is 4.79 Å². The van der Waals surface area contributed by atoms with Crippen LogP contribution in [0.25, 0.3) is 0 Å². The van der Waals surface area contributed by atoms with E-state index in [4.69, 9.17) is 0 Å². The summed E-state index contributed by atoms with van der Waals surface area (Å²) in [7, 11) is 2.02. The van der Waals surface area contributed by atoms with Crippen LogP contribution in [0.3, 0.4) is 0 Å². The molecule has 2 aliphatic heterocycles. The number of likely N-dealkylation sites (N-methyl/N-ethyl adjacent to an activating group) is 1. The fraction of sp³-hybridized carbons (Fsp3) is 0.800. The van der Waals surface area contributed by atoms with E-state index in [2.05, 4.69) is 10.2 Å². The molecule has 21 heavy (non-hydrogen) atoms. The van der Waals surface area contributed by atoms with E-state index in [9.17, 15) is 14.4 Å². The van der Waals surface area contributed by atoms with Gasteiger partial charge in [-0.3, -0.25) is 19.8 Å². The fourth-order valence-electron chi connectivity index (χ4n) is 3.93. The number of urea groups is 1. The zero-order valence-electron chi connectivity index (χ0n) is 12.5. The highest BCUT2D eigenvalue weighted by Gasteiger charge is 2.46. The minimum atomic E-state index is -0.656. The third kappa shape index (κ3) is 2.69. The van der Waals surface area contributed by atoms with Crippen LogP contribution in [-0.2, 0) is 9.59 Å². The first kappa shape index (κ1) is 14.5. The molecule has 0 spiro atoms. The maximum absolute atomic E-state index is 12.7. The summed E-state index contributed by atoms with van der Waals surface area (Å²) >= 11 is 0. The molecule has 6 heteroatoms. The molecule has 1 saturated carbocycles. The average molecular weight is 293 g/mol. The molecule has 0 radical (unpaired) electrons. The average Bonchev–Trinajstić information content (AvgIpc) is 3.07. The fourth-order valence-corrected chi connectivity index (χ4v) is 3.93. The molecule has 3 rings (SSSR count). The Morgan fingerprint density at radius 3 is 2.43 bits per heavy atom. The van der Waals surface area contributed by atoms with Crippen LogP contribution in [0.1, 0.15) is 38.5 Å². The van der Waals surface area contributed by atoms with Crippen LogP contribution in [0, 0.1) is 11.8 Å². The number of likely N-dealkylation sites (tertiary alicyclic amines) is 1. The van der Waals surface area contributed by atoms with Gasteiger partial charge in [0.25, 0.3) is 0 Å². The van der Waals surface area contributed by atoms with Crippen molar-refractivity contribution in [3.8, 4) is 0 Å². The molecule has 0 aromatic rings. The monoisotopic (exact) mass is 293 g/mol. The summed E-state index contributed by atoms with van der Waals surface area (Å²) in [4.78, 5) is 40.2. The number of hydrogen-bond donors (Lipinski definition) is 1. The Balaban J connectivity index is 1.74. The summed E-state index contributed by atoms with van der Waals surface area (Å²) in [5.41, 5.74) is 0. The molecule has 2 unspecified atom stereocenters. The Bertz CT molecular complexity index is 459. The van der Waals surface area contributed by atoms with Gasteiger partial charge in [0, 0.05) is 12.6 Å². The van der Waals surface area contributed by atoms with Gasteiger partial charge < -0.3 is 4.90 Å². The van der Waals surface area contributed by atoms with Gasteiger partial charge in [-0.2, -0.15) is 0 Å². The van der Waals surface area contributed by atoms with Gasteiger partial charge in [-0.1, -0.05) is 12.8 Å². The van der Waals surface area contributed by atoms with E-state index in [-0.39, 0.29) is 17.9 Å². The predicted octanol–water partition coefficient (Wildman–Crippen LogP) is 0.965. The SMILES string of the molecule is CN1CCCC1CN1C(=O)NC(=O)C(C2CCCC2)C1=O. The van der Waals surface area contributed by atoms with Gasteiger partial charge in [-0.15, -0.1) is 0 Å². The molecule has 6 nitrogen and oxygen atoms in total. The van der Waals surface area contributed by atoms with Crippen LogP contribution >= 0.6 is 0 Å². The topological polar surface area (TPSA) is 69.7 Å². The van der Waals surface area contributed by atoms with E-state index in [1.54, 1.807) is 0 Å². The van der Waals surface area contributed by atoms with Crippen LogP contribution < -0.4 is 5.32 Å². The Hall–Kier alpha value is -1.43. The first-order valence-electron chi connectivity index (χ1n) is 7.94. The number of hydrogen-bond acceptors (Lipinski definition) is 4. The Labute approximate surface area is 124 Å². The smallest absolute Gasteiger partial charge is 0.302 e. The number of carbonyl (C=O) groups excluding carboxylic acids is 3. The van der Waals surface area contributed by atoms with Crippen LogP contribution in [0.5, 0.6) is 0 Å². The molecule has 1 N–H and O–H groups in total. The van der Waals surface area contributed by atoms with Crippen molar-refractivity contribution < 1.29 is 14.4 Å². The molecule has 0 bridgehead atoms. The van der Waals surface area contributed by atoms with Crippen molar-refractivity contribution in [2.75, 3.05) is 20.1 Å². The van der Waals surface area contributed by atoms with E-state index in [0.29, 0.717) is 6.54 Å². The minimum absolute atomic E-state index is 0.106. The Morgan fingerprint density at radius 2 is 1.81 bits per heavy atom. The molecule has 3 fully saturated rings. The zero-order chi connectivity index (χ0) is 15.0. The molecule has 0 aromatic heterocycles. The molecule has 0 aromatic carbocycles. The predicted molar refractivity (Wildman–Crippen MR) is 76.4 cm³/mol. The summed E-state index contributed by atoms with van der Waals surface area (Å²) in [6.07, 6.45) is 6.05. The minimum Gasteiger partial charge on any atom is -0.302 e. The second kappa shape index (κ2) is 5.75. The molecule has 2 saturated heterocycles. The highest BCUT2D eigenvalue weighted by molar-refractivity contribution is 6.16. The van der Waals surface area contributed by atoms with Crippen molar-refractivity contribution in [2.45, 2.75) is 44.6 Å². The quantitative estimate of drug-likeness (QED) is 0.787. The molecular weight excluding hydrogens is 270 g/mol. The highest BCUT2D eigenvalue weighted by Crippen LogP contribution is 2.34. The van der Waals surface area contributed by atoms with Crippen molar-refractivity contribution in [1.82, 2.24) is 15.1 Å². The second-order valence-corrected chi connectivity index (χ2v) is 6.54. The first-order valence-corrected chi connectivity index (χ1v) is 7.94. The van der Waals surface area contributed by atoms with Crippen LogP contribution in [0.15, 0.2) is 0 Å². The third-order valence-electron chi connectivity index (χ3n) is 5.23. The second-order valence-electron chi connectivity index (χ2n) is 6.54.